The minimum atomic E-state index is -0.316. The molecule has 0 radical (unpaired) electrons. The number of piperidine rings is 1. The lowest BCUT2D eigenvalue weighted by Crippen LogP contribution is -2.43. The van der Waals surface area contributed by atoms with Gasteiger partial charge in [-0.2, -0.15) is 0 Å². The molecule has 1 N–H and O–H groups in total. The van der Waals surface area contributed by atoms with E-state index in [1.165, 1.54) is 24.3 Å². The van der Waals surface area contributed by atoms with E-state index in [0.29, 0.717) is 0 Å². The number of hydrogen-bond donors (Lipinski definition) is 1. The van der Waals surface area contributed by atoms with Crippen molar-refractivity contribution in [3.63, 3.8) is 0 Å². The SMILES string of the molecule is O=C(Cc1ccc(F)cc1)N[C@H](c1ccccn1)[C@@H]1CCCN(Cc2ccc(F)cc2)C1. The second kappa shape index (κ2) is 10.5. The summed E-state index contributed by atoms with van der Waals surface area (Å²) < 4.78 is 26.4. The standard InChI is InChI=1S/C26H27F2N3O/c27-22-10-6-19(7-11-22)16-25(32)30-26(24-5-1-2-14-29-24)21-4-3-15-31(18-21)17-20-8-12-23(28)13-9-20/h1-2,5-14,21,26H,3-4,15-18H2,(H,30,32)/t21-,26+/m1/s1. The fraction of sp³-hybridized carbons (Fsp3) is 0.308. The van der Waals surface area contributed by atoms with E-state index in [-0.39, 0.29) is 35.9 Å². The number of carbonyl (C=O) groups is 1. The van der Waals surface area contributed by atoms with E-state index in [1.807, 2.05) is 30.3 Å². The number of nitrogens with zero attached hydrogens (tertiary/aromatic N) is 2. The molecule has 4 nitrogen and oxygen atoms in total. The number of carbonyl (C=O) groups excluding carboxylic acids is 1. The fourth-order valence-corrected chi connectivity index (χ4v) is 4.36. The number of hydrogen-bond acceptors (Lipinski definition) is 3. The first-order valence-corrected chi connectivity index (χ1v) is 11.0. The molecule has 32 heavy (non-hydrogen) atoms. The highest BCUT2D eigenvalue weighted by molar-refractivity contribution is 5.79. The van der Waals surface area contributed by atoms with Gasteiger partial charge < -0.3 is 5.32 Å². The van der Waals surface area contributed by atoms with E-state index >= 15 is 0 Å². The summed E-state index contributed by atoms with van der Waals surface area (Å²) >= 11 is 0. The average Bonchev–Trinajstić information content (AvgIpc) is 2.81. The predicted molar refractivity (Wildman–Crippen MR) is 120 cm³/mol. The first kappa shape index (κ1) is 22.1. The molecule has 0 unspecified atom stereocenters. The summed E-state index contributed by atoms with van der Waals surface area (Å²) in [5.74, 6) is -0.451. The molecule has 1 aliphatic rings. The van der Waals surface area contributed by atoms with Crippen LogP contribution in [0.15, 0.2) is 72.9 Å². The van der Waals surface area contributed by atoms with Crippen LogP contribution >= 0.6 is 0 Å². The van der Waals surface area contributed by atoms with Gasteiger partial charge >= 0.3 is 0 Å². The minimum absolute atomic E-state index is 0.108. The lowest BCUT2D eigenvalue weighted by Gasteiger charge is -2.37. The zero-order valence-electron chi connectivity index (χ0n) is 17.9. The summed E-state index contributed by atoms with van der Waals surface area (Å²) in [6.45, 7) is 2.52. The Balaban J connectivity index is 1.46. The second-order valence-electron chi connectivity index (χ2n) is 8.37. The quantitative estimate of drug-likeness (QED) is 0.587. The Kier molecular flexibility index (Phi) is 7.22. The summed E-state index contributed by atoms with van der Waals surface area (Å²) in [5, 5.41) is 3.19. The lowest BCUT2D eigenvalue weighted by molar-refractivity contribution is -0.121. The highest BCUT2D eigenvalue weighted by Gasteiger charge is 2.30. The highest BCUT2D eigenvalue weighted by Crippen LogP contribution is 2.30. The van der Waals surface area contributed by atoms with Gasteiger partial charge in [0, 0.05) is 19.3 Å². The van der Waals surface area contributed by atoms with E-state index < -0.39 is 0 Å². The summed E-state index contributed by atoms with van der Waals surface area (Å²) in [6, 6.07) is 18.2. The van der Waals surface area contributed by atoms with Crippen LogP contribution in [0.2, 0.25) is 0 Å². The number of amides is 1. The summed E-state index contributed by atoms with van der Waals surface area (Å²) in [7, 11) is 0. The van der Waals surface area contributed by atoms with Gasteiger partial charge in [0.05, 0.1) is 18.2 Å². The third kappa shape index (κ3) is 5.98. The molecule has 0 bridgehead atoms. The van der Waals surface area contributed by atoms with Gasteiger partial charge in [-0.15, -0.1) is 0 Å². The van der Waals surface area contributed by atoms with Crippen LogP contribution in [0.5, 0.6) is 0 Å². The summed E-state index contributed by atoms with van der Waals surface area (Å²) in [6.07, 6.45) is 3.93. The molecular formula is C26H27F2N3O. The molecule has 1 aliphatic heterocycles. The number of nitrogens with one attached hydrogen (secondary N) is 1. The Labute approximate surface area is 187 Å². The molecule has 1 amide bonds. The Bertz CT molecular complexity index is 1010. The fourth-order valence-electron chi connectivity index (χ4n) is 4.36. The Morgan fingerprint density at radius 2 is 1.69 bits per heavy atom. The molecule has 0 aliphatic carbocycles. The van der Waals surface area contributed by atoms with Crippen LogP contribution < -0.4 is 5.32 Å². The van der Waals surface area contributed by atoms with E-state index in [0.717, 1.165) is 49.3 Å². The van der Waals surface area contributed by atoms with Crippen LogP contribution in [-0.2, 0) is 17.8 Å². The van der Waals surface area contributed by atoms with Crippen LogP contribution in [0.1, 0.15) is 35.7 Å². The van der Waals surface area contributed by atoms with E-state index in [2.05, 4.69) is 15.2 Å². The van der Waals surface area contributed by atoms with Crippen LogP contribution in [0.3, 0.4) is 0 Å². The van der Waals surface area contributed by atoms with Crippen molar-refractivity contribution in [3.8, 4) is 0 Å². The number of aromatic nitrogens is 1. The van der Waals surface area contributed by atoms with Crippen molar-refractivity contribution in [1.82, 2.24) is 15.2 Å². The highest BCUT2D eigenvalue weighted by atomic mass is 19.1. The molecule has 1 fully saturated rings. The number of likely N-dealkylation sites (tertiary alicyclic amines) is 1. The Morgan fingerprint density at radius 1 is 1.00 bits per heavy atom. The molecule has 6 heteroatoms. The van der Waals surface area contributed by atoms with Gasteiger partial charge in [-0.1, -0.05) is 30.3 Å². The molecule has 3 aromatic rings. The van der Waals surface area contributed by atoms with Gasteiger partial charge in [0.1, 0.15) is 11.6 Å². The Morgan fingerprint density at radius 3 is 2.34 bits per heavy atom. The van der Waals surface area contributed by atoms with Crippen LogP contribution in [0.25, 0.3) is 0 Å². The molecule has 4 rings (SSSR count). The number of halogens is 2. The van der Waals surface area contributed by atoms with E-state index in [9.17, 15) is 13.6 Å². The van der Waals surface area contributed by atoms with Gasteiger partial charge in [-0.05, 0) is 72.8 Å². The largest absolute Gasteiger partial charge is 0.347 e. The van der Waals surface area contributed by atoms with Crippen molar-refractivity contribution in [1.29, 1.82) is 0 Å². The monoisotopic (exact) mass is 435 g/mol. The maximum Gasteiger partial charge on any atom is 0.224 e. The third-order valence-corrected chi connectivity index (χ3v) is 5.93. The molecule has 2 heterocycles. The minimum Gasteiger partial charge on any atom is -0.347 e. The molecule has 0 saturated carbocycles. The first-order valence-electron chi connectivity index (χ1n) is 11.0. The first-order chi connectivity index (χ1) is 15.6. The lowest BCUT2D eigenvalue weighted by atomic mass is 9.88. The number of pyridine rings is 1. The van der Waals surface area contributed by atoms with Crippen LogP contribution in [0.4, 0.5) is 8.78 Å². The third-order valence-electron chi connectivity index (χ3n) is 5.93. The Hall–Kier alpha value is -3.12. The molecule has 166 valence electrons. The second-order valence-corrected chi connectivity index (χ2v) is 8.37. The van der Waals surface area contributed by atoms with Gasteiger partial charge in [-0.3, -0.25) is 14.7 Å². The molecule has 2 atom stereocenters. The van der Waals surface area contributed by atoms with Gasteiger partial charge in [0.2, 0.25) is 5.91 Å². The van der Waals surface area contributed by atoms with E-state index in [4.69, 9.17) is 0 Å². The molecule has 2 aromatic carbocycles. The number of benzene rings is 2. The van der Waals surface area contributed by atoms with Crippen molar-refractivity contribution in [3.05, 3.63) is 101 Å². The maximum atomic E-state index is 13.2. The summed E-state index contributed by atoms with van der Waals surface area (Å²) in [4.78, 5) is 19.7. The van der Waals surface area contributed by atoms with Crippen molar-refractivity contribution >= 4 is 5.91 Å². The van der Waals surface area contributed by atoms with Crippen molar-refractivity contribution in [2.75, 3.05) is 13.1 Å². The molecule has 1 saturated heterocycles. The zero-order valence-corrected chi connectivity index (χ0v) is 17.9. The molecule has 1 aromatic heterocycles. The molecule has 0 spiro atoms. The summed E-state index contributed by atoms with van der Waals surface area (Å²) in [5.41, 5.74) is 2.68. The van der Waals surface area contributed by atoms with Crippen molar-refractivity contribution < 1.29 is 13.6 Å². The van der Waals surface area contributed by atoms with Gasteiger partial charge in [0.25, 0.3) is 0 Å². The van der Waals surface area contributed by atoms with Crippen molar-refractivity contribution in [2.24, 2.45) is 5.92 Å². The maximum absolute atomic E-state index is 13.2. The van der Waals surface area contributed by atoms with Gasteiger partial charge in [0.15, 0.2) is 0 Å². The molecular weight excluding hydrogens is 408 g/mol. The normalized spacial score (nSPS) is 17.6. The van der Waals surface area contributed by atoms with Crippen molar-refractivity contribution in [2.45, 2.75) is 31.8 Å². The smallest absolute Gasteiger partial charge is 0.224 e. The number of rotatable bonds is 7. The zero-order chi connectivity index (χ0) is 22.3. The van der Waals surface area contributed by atoms with Crippen LogP contribution in [0, 0.1) is 17.6 Å². The van der Waals surface area contributed by atoms with Gasteiger partial charge in [-0.25, -0.2) is 8.78 Å². The topological polar surface area (TPSA) is 45.2 Å². The predicted octanol–water partition coefficient (Wildman–Crippen LogP) is 4.67. The average molecular weight is 436 g/mol. The van der Waals surface area contributed by atoms with E-state index in [1.54, 1.807) is 18.3 Å². The van der Waals surface area contributed by atoms with Crippen LogP contribution in [-0.4, -0.2) is 28.9 Å².